The molecule has 0 aliphatic rings. The molecule has 2 rings (SSSR count). The Morgan fingerprint density at radius 3 is 2.22 bits per heavy atom. The zero-order valence-electron chi connectivity index (χ0n) is 11.7. The molecule has 0 bridgehead atoms. The van der Waals surface area contributed by atoms with Gasteiger partial charge in [0, 0.05) is 23.7 Å². The van der Waals surface area contributed by atoms with Crippen molar-refractivity contribution in [2.45, 2.75) is 0 Å². The normalized spacial score (nSPS) is 10.1. The molecule has 1 heterocycles. The Morgan fingerprint density at radius 2 is 1.65 bits per heavy atom. The van der Waals surface area contributed by atoms with Gasteiger partial charge in [-0.1, -0.05) is 11.6 Å². The number of furan rings is 1. The molecule has 1 aromatic carbocycles. The lowest BCUT2D eigenvalue weighted by atomic mass is 10.2. The number of halogens is 1. The zero-order valence-corrected chi connectivity index (χ0v) is 12.5. The van der Waals surface area contributed by atoms with E-state index in [2.05, 4.69) is 10.6 Å². The number of carbonyl (C=O) groups excluding carboxylic acids is 2. The minimum absolute atomic E-state index is 0.145. The number of rotatable bonds is 6. The van der Waals surface area contributed by atoms with E-state index < -0.39 is 16.7 Å². The van der Waals surface area contributed by atoms with Gasteiger partial charge in [-0.05, 0) is 30.3 Å². The van der Waals surface area contributed by atoms with Gasteiger partial charge in [0.05, 0.1) is 6.07 Å². The van der Waals surface area contributed by atoms with Crippen molar-refractivity contribution in [2.75, 3.05) is 13.1 Å². The second kappa shape index (κ2) is 7.41. The minimum Gasteiger partial charge on any atom is -0.395 e. The molecular weight excluding hydrogens is 326 g/mol. The standard InChI is InChI=1S/C14H12ClN3O5/c15-10-3-1-9(2-4-10)13(19)16-7-8-17-14(20)11-5-6-12(23-11)18(21)22/h1-6H,7-8H2,(H,16,19)(H,17,20). The fourth-order valence-corrected chi connectivity index (χ4v) is 1.82. The monoisotopic (exact) mass is 337 g/mol. The Morgan fingerprint density at radius 1 is 1.04 bits per heavy atom. The first-order chi connectivity index (χ1) is 11.0. The van der Waals surface area contributed by atoms with Crippen LogP contribution >= 0.6 is 11.6 Å². The van der Waals surface area contributed by atoms with Crippen molar-refractivity contribution in [3.63, 3.8) is 0 Å². The highest BCUT2D eigenvalue weighted by Crippen LogP contribution is 2.15. The molecule has 0 saturated carbocycles. The molecule has 120 valence electrons. The molecule has 0 unspecified atom stereocenters. The van der Waals surface area contributed by atoms with E-state index in [9.17, 15) is 19.7 Å². The summed E-state index contributed by atoms with van der Waals surface area (Å²) in [5.74, 6) is -1.57. The lowest BCUT2D eigenvalue weighted by Crippen LogP contribution is -2.34. The number of hydrogen-bond donors (Lipinski definition) is 2. The Labute approximate surface area is 135 Å². The third-order valence-corrected chi connectivity index (χ3v) is 3.05. The van der Waals surface area contributed by atoms with Crippen LogP contribution < -0.4 is 10.6 Å². The van der Waals surface area contributed by atoms with Crippen LogP contribution in [0.2, 0.25) is 5.02 Å². The molecule has 2 N–H and O–H groups in total. The lowest BCUT2D eigenvalue weighted by Gasteiger charge is -2.06. The molecule has 2 amide bonds. The predicted molar refractivity (Wildman–Crippen MR) is 81.5 cm³/mol. The second-order valence-electron chi connectivity index (χ2n) is 4.41. The molecule has 0 aliphatic carbocycles. The fourth-order valence-electron chi connectivity index (χ4n) is 1.69. The van der Waals surface area contributed by atoms with E-state index in [0.29, 0.717) is 10.6 Å². The number of nitrogens with one attached hydrogen (secondary N) is 2. The predicted octanol–water partition coefficient (Wildman–Crippen LogP) is 2.00. The highest BCUT2D eigenvalue weighted by molar-refractivity contribution is 6.30. The topological polar surface area (TPSA) is 114 Å². The zero-order chi connectivity index (χ0) is 16.8. The van der Waals surface area contributed by atoms with Crippen molar-refractivity contribution in [3.8, 4) is 0 Å². The van der Waals surface area contributed by atoms with Gasteiger partial charge in [0.25, 0.3) is 11.8 Å². The maximum atomic E-state index is 11.8. The Bertz CT molecular complexity index is 726. The Balaban J connectivity index is 1.76. The van der Waals surface area contributed by atoms with Gasteiger partial charge in [0.2, 0.25) is 0 Å². The molecule has 0 spiro atoms. The van der Waals surface area contributed by atoms with Crippen LogP contribution in [0, 0.1) is 10.1 Å². The first-order valence-electron chi connectivity index (χ1n) is 6.53. The summed E-state index contributed by atoms with van der Waals surface area (Å²) in [5, 5.41) is 16.1. The van der Waals surface area contributed by atoms with E-state index >= 15 is 0 Å². The number of hydrogen-bond acceptors (Lipinski definition) is 5. The van der Waals surface area contributed by atoms with Crippen LogP contribution in [0.15, 0.2) is 40.8 Å². The van der Waals surface area contributed by atoms with Crippen molar-refractivity contribution in [1.82, 2.24) is 10.6 Å². The van der Waals surface area contributed by atoms with Gasteiger partial charge in [-0.15, -0.1) is 0 Å². The Hall–Kier alpha value is -2.87. The van der Waals surface area contributed by atoms with E-state index in [0.717, 1.165) is 6.07 Å². The van der Waals surface area contributed by atoms with Gasteiger partial charge >= 0.3 is 5.88 Å². The summed E-state index contributed by atoms with van der Waals surface area (Å²) in [6.45, 7) is 0.336. The lowest BCUT2D eigenvalue weighted by molar-refractivity contribution is -0.402. The largest absolute Gasteiger partial charge is 0.433 e. The van der Waals surface area contributed by atoms with Crippen LogP contribution in [-0.4, -0.2) is 29.8 Å². The van der Waals surface area contributed by atoms with Gasteiger partial charge in [0.1, 0.15) is 4.92 Å². The summed E-state index contributed by atoms with van der Waals surface area (Å²) in [5.41, 5.74) is 0.447. The molecule has 8 nitrogen and oxygen atoms in total. The van der Waals surface area contributed by atoms with E-state index in [4.69, 9.17) is 16.0 Å². The highest BCUT2D eigenvalue weighted by Gasteiger charge is 2.16. The number of amides is 2. The average molecular weight is 338 g/mol. The van der Waals surface area contributed by atoms with Gasteiger partial charge in [-0.25, -0.2) is 0 Å². The van der Waals surface area contributed by atoms with Gasteiger partial charge in [-0.3, -0.25) is 19.7 Å². The summed E-state index contributed by atoms with van der Waals surface area (Å²) in [4.78, 5) is 33.2. The van der Waals surface area contributed by atoms with Crippen molar-refractivity contribution < 1.29 is 18.9 Å². The van der Waals surface area contributed by atoms with Crippen LogP contribution in [0.5, 0.6) is 0 Å². The van der Waals surface area contributed by atoms with Crippen LogP contribution in [0.3, 0.4) is 0 Å². The second-order valence-corrected chi connectivity index (χ2v) is 4.85. The Kier molecular flexibility index (Phi) is 5.32. The molecule has 0 fully saturated rings. The number of nitrogens with zero attached hydrogens (tertiary/aromatic N) is 1. The van der Waals surface area contributed by atoms with E-state index in [-0.39, 0.29) is 24.8 Å². The first-order valence-corrected chi connectivity index (χ1v) is 6.91. The van der Waals surface area contributed by atoms with Crippen molar-refractivity contribution in [3.05, 3.63) is 62.9 Å². The maximum Gasteiger partial charge on any atom is 0.433 e. The molecular formula is C14H12ClN3O5. The number of carbonyl (C=O) groups is 2. The minimum atomic E-state index is -0.733. The number of benzene rings is 1. The molecule has 9 heteroatoms. The smallest absolute Gasteiger partial charge is 0.395 e. The first kappa shape index (κ1) is 16.5. The molecule has 0 aliphatic heterocycles. The quantitative estimate of drug-likeness (QED) is 0.475. The maximum absolute atomic E-state index is 11.8. The van der Waals surface area contributed by atoms with Crippen molar-refractivity contribution in [1.29, 1.82) is 0 Å². The van der Waals surface area contributed by atoms with E-state index in [1.54, 1.807) is 24.3 Å². The van der Waals surface area contributed by atoms with Crippen LogP contribution in [0.25, 0.3) is 0 Å². The number of nitro groups is 1. The molecule has 2 aromatic rings. The van der Waals surface area contributed by atoms with Crippen molar-refractivity contribution in [2.24, 2.45) is 0 Å². The summed E-state index contributed by atoms with van der Waals surface area (Å²) >= 11 is 5.73. The summed E-state index contributed by atoms with van der Waals surface area (Å²) < 4.78 is 4.75. The van der Waals surface area contributed by atoms with Gasteiger partial charge < -0.3 is 15.1 Å². The average Bonchev–Trinajstić information content (AvgIpc) is 3.02. The van der Waals surface area contributed by atoms with Crippen LogP contribution in [0.4, 0.5) is 5.88 Å². The molecule has 0 saturated heterocycles. The summed E-state index contributed by atoms with van der Waals surface area (Å²) in [6.07, 6.45) is 0. The third kappa shape index (κ3) is 4.55. The SMILES string of the molecule is O=C(NCCNC(=O)c1ccc([N+](=O)[O-])o1)c1ccc(Cl)cc1. The highest BCUT2D eigenvalue weighted by atomic mass is 35.5. The van der Waals surface area contributed by atoms with E-state index in [1.807, 2.05) is 0 Å². The summed E-state index contributed by atoms with van der Waals surface area (Å²) in [6, 6.07) is 8.66. The van der Waals surface area contributed by atoms with Crippen LogP contribution in [0.1, 0.15) is 20.9 Å². The third-order valence-electron chi connectivity index (χ3n) is 2.80. The molecule has 23 heavy (non-hydrogen) atoms. The van der Waals surface area contributed by atoms with Gasteiger partial charge in [0.15, 0.2) is 5.76 Å². The van der Waals surface area contributed by atoms with Crippen LogP contribution in [-0.2, 0) is 0 Å². The van der Waals surface area contributed by atoms with E-state index in [1.165, 1.54) is 6.07 Å². The molecule has 0 radical (unpaired) electrons. The molecule has 1 aromatic heterocycles. The molecule has 0 atom stereocenters. The fraction of sp³-hybridized carbons (Fsp3) is 0.143. The van der Waals surface area contributed by atoms with Gasteiger partial charge in [-0.2, -0.15) is 0 Å². The summed E-state index contributed by atoms with van der Waals surface area (Å²) in [7, 11) is 0. The van der Waals surface area contributed by atoms with Crippen molar-refractivity contribution >= 4 is 29.3 Å².